The molecule has 270 valence electrons. The highest BCUT2D eigenvalue weighted by molar-refractivity contribution is 7.32. The molecular formula is C36H20F11O4P. The molecule has 0 saturated heterocycles. The third-order valence-corrected chi connectivity index (χ3v) is 8.59. The highest BCUT2D eigenvalue weighted by Crippen LogP contribution is 2.54. The molecule has 0 bridgehead atoms. The molecule has 0 spiro atoms. The second-order valence-corrected chi connectivity index (χ2v) is 12.3. The van der Waals surface area contributed by atoms with Gasteiger partial charge in [-0.3, -0.25) is 0 Å². The summed E-state index contributed by atoms with van der Waals surface area (Å²) in [6.45, 7) is 0. The summed E-state index contributed by atoms with van der Waals surface area (Å²) in [5.41, 5.74) is -8.91. The van der Waals surface area contributed by atoms with Crippen LogP contribution in [0.1, 0.15) is 28.7 Å². The lowest BCUT2D eigenvalue weighted by Gasteiger charge is -2.22. The van der Waals surface area contributed by atoms with Crippen molar-refractivity contribution in [2.45, 2.75) is 25.0 Å². The Balaban J connectivity index is 1.80. The summed E-state index contributed by atoms with van der Waals surface area (Å²) in [5.74, 6) is -1.63. The van der Waals surface area contributed by atoms with E-state index in [1.165, 1.54) is 54.6 Å². The van der Waals surface area contributed by atoms with E-state index in [2.05, 4.69) is 0 Å². The first kappa shape index (κ1) is 36.6. The third-order valence-electron chi connectivity index (χ3n) is 8.21. The molecule has 52 heavy (non-hydrogen) atoms. The van der Waals surface area contributed by atoms with Crippen LogP contribution in [-0.4, -0.2) is 10.00 Å². The summed E-state index contributed by atoms with van der Waals surface area (Å²) >= 11 is 0. The van der Waals surface area contributed by atoms with E-state index in [-0.39, 0.29) is 44.8 Å². The van der Waals surface area contributed by atoms with Gasteiger partial charge in [-0.15, -0.1) is 0 Å². The van der Waals surface area contributed by atoms with E-state index in [0.29, 0.717) is 24.3 Å². The van der Waals surface area contributed by atoms with E-state index >= 15 is 0 Å². The van der Waals surface area contributed by atoms with E-state index in [4.69, 9.17) is 4.52 Å². The summed E-state index contributed by atoms with van der Waals surface area (Å²) in [6.07, 6.45) is -19.0. The minimum absolute atomic E-state index is 0.0776. The number of fused-ring (bicyclic) bond motifs is 2. The molecule has 16 heteroatoms. The number of halogens is 11. The first-order chi connectivity index (χ1) is 24.2. The van der Waals surface area contributed by atoms with Crippen LogP contribution in [0.3, 0.4) is 0 Å². The first-order valence-corrected chi connectivity index (χ1v) is 16.0. The molecule has 6 aromatic carbocycles. The van der Waals surface area contributed by atoms with Gasteiger partial charge in [-0.05, 0) is 81.2 Å². The Labute approximate surface area is 286 Å². The zero-order valence-corrected chi connectivity index (χ0v) is 26.7. The van der Waals surface area contributed by atoms with Crippen molar-refractivity contribution in [3.8, 4) is 44.9 Å². The van der Waals surface area contributed by atoms with Crippen LogP contribution in [0.2, 0.25) is 0 Å². The van der Waals surface area contributed by atoms with Crippen molar-refractivity contribution in [2.75, 3.05) is 0 Å². The molecule has 1 unspecified atom stereocenters. The zero-order valence-electron chi connectivity index (χ0n) is 25.7. The van der Waals surface area contributed by atoms with Gasteiger partial charge in [-0.2, -0.15) is 39.5 Å². The van der Waals surface area contributed by atoms with Crippen LogP contribution in [0.15, 0.2) is 97.1 Å². The number of hydrogen-bond acceptors (Lipinski definition) is 3. The van der Waals surface area contributed by atoms with Gasteiger partial charge in [0.2, 0.25) is 0 Å². The van der Waals surface area contributed by atoms with Crippen LogP contribution in [0.25, 0.3) is 54.9 Å². The largest absolute Gasteiger partial charge is 0.507 e. The topological polar surface area (TPSA) is 66.8 Å². The number of alkyl halides is 11. The molecule has 0 aliphatic carbocycles. The van der Waals surface area contributed by atoms with Crippen molar-refractivity contribution in [2.24, 2.45) is 0 Å². The molecule has 0 fully saturated rings. The van der Waals surface area contributed by atoms with Crippen molar-refractivity contribution >= 4 is 29.8 Å². The van der Waals surface area contributed by atoms with Crippen molar-refractivity contribution in [1.82, 2.24) is 0 Å². The Morgan fingerprint density at radius 2 is 1.02 bits per heavy atom. The molecule has 0 radical (unpaired) electrons. The summed E-state index contributed by atoms with van der Waals surface area (Å²) in [6, 6.07) is 15.9. The van der Waals surface area contributed by atoms with Crippen molar-refractivity contribution < 1.29 is 67.4 Å². The lowest BCUT2D eigenvalue weighted by Crippen LogP contribution is -2.11. The number of aromatic hydroxyl groups is 1. The van der Waals surface area contributed by atoms with Gasteiger partial charge in [0.1, 0.15) is 11.5 Å². The van der Waals surface area contributed by atoms with E-state index < -0.39 is 89.2 Å². The number of phenolic OH excluding ortho intramolecular Hbond substituents is 1. The summed E-state index contributed by atoms with van der Waals surface area (Å²) in [7, 11) is -4.10. The Morgan fingerprint density at radius 3 is 1.50 bits per heavy atom. The second kappa shape index (κ2) is 13.1. The Morgan fingerprint density at radius 1 is 0.577 bits per heavy atom. The van der Waals surface area contributed by atoms with Crippen LogP contribution in [0.5, 0.6) is 11.5 Å². The van der Waals surface area contributed by atoms with Crippen LogP contribution in [-0.2, 0) is 23.1 Å². The van der Waals surface area contributed by atoms with Gasteiger partial charge in [-0.1, -0.05) is 48.5 Å². The van der Waals surface area contributed by atoms with Crippen LogP contribution in [0, 0.1) is 0 Å². The van der Waals surface area contributed by atoms with E-state index in [0.717, 1.165) is 6.07 Å². The molecule has 1 atom stereocenters. The monoisotopic (exact) mass is 756 g/mol. The summed E-state index contributed by atoms with van der Waals surface area (Å²) in [5, 5.41) is 12.4. The van der Waals surface area contributed by atoms with Gasteiger partial charge in [0.25, 0.3) is 6.43 Å². The molecular weight excluding hydrogens is 736 g/mol. The van der Waals surface area contributed by atoms with Crippen LogP contribution < -0.4 is 4.52 Å². The molecule has 6 aromatic rings. The fraction of sp³-hybridized carbons (Fsp3) is 0.111. The molecule has 6 rings (SSSR count). The summed E-state index contributed by atoms with van der Waals surface area (Å²) < 4.78 is 171. The smallest absolute Gasteiger partial charge is 0.416 e. The highest BCUT2D eigenvalue weighted by Gasteiger charge is 2.38. The van der Waals surface area contributed by atoms with Gasteiger partial charge in [0, 0.05) is 27.8 Å². The Hall–Kier alpha value is -5.14. The standard InChI is InChI=1S/C36H20F11O4P/c37-33(38)21-9-19(10-22(13-21)34(39,40)41)28-15-18-6-2-4-8-26(18)30(32(28)51-52(49)50)29-25-7-3-1-5-17(25)14-27(31(29)48)20-11-23(35(42,43)44)16-24(12-20)36(45,46)47/h1-16,33,48,52H,(H,49,50). The Kier molecular flexibility index (Phi) is 9.25. The molecule has 0 heterocycles. The molecule has 2 N–H and O–H groups in total. The zero-order chi connectivity index (χ0) is 37.9. The SMILES string of the molecule is O=[PH](O)Oc1c(-c2cc(C(F)F)cc(C(F)(F)F)c2)cc2ccccc2c1-c1c(O)c(-c2cc(C(F)(F)F)cc(C(F)(F)F)c2)cc2ccccc12. The molecule has 4 nitrogen and oxygen atoms in total. The van der Waals surface area contributed by atoms with E-state index in [1.54, 1.807) is 0 Å². The van der Waals surface area contributed by atoms with Crippen molar-refractivity contribution in [1.29, 1.82) is 0 Å². The maximum Gasteiger partial charge on any atom is 0.416 e. The first-order valence-electron chi connectivity index (χ1n) is 14.8. The predicted octanol–water partition coefficient (Wildman–Crippen LogP) is 12.5. The Bertz CT molecular complexity index is 2350. The normalized spacial score (nSPS) is 13.2. The average molecular weight is 757 g/mol. The molecule has 0 aliphatic rings. The highest BCUT2D eigenvalue weighted by atomic mass is 31.1. The summed E-state index contributed by atoms with van der Waals surface area (Å²) in [4.78, 5) is 10.0. The fourth-order valence-corrected chi connectivity index (χ4v) is 6.39. The van der Waals surface area contributed by atoms with Gasteiger partial charge in [-0.25, -0.2) is 13.3 Å². The maximum atomic E-state index is 13.9. The number of hydrogen-bond donors (Lipinski definition) is 2. The van der Waals surface area contributed by atoms with Crippen LogP contribution >= 0.6 is 8.25 Å². The third kappa shape index (κ3) is 7.02. The fourth-order valence-electron chi connectivity index (χ4n) is 6.00. The number of benzene rings is 6. The van der Waals surface area contributed by atoms with Gasteiger partial charge in [0.05, 0.1) is 16.7 Å². The van der Waals surface area contributed by atoms with E-state index in [1.807, 2.05) is 0 Å². The van der Waals surface area contributed by atoms with Gasteiger partial charge in [0.15, 0.2) is 0 Å². The lowest BCUT2D eigenvalue weighted by molar-refractivity contribution is -0.143. The predicted molar refractivity (Wildman–Crippen MR) is 171 cm³/mol. The molecule has 0 saturated carbocycles. The number of phenols is 1. The van der Waals surface area contributed by atoms with Crippen molar-refractivity contribution in [3.63, 3.8) is 0 Å². The maximum absolute atomic E-state index is 13.9. The quantitative estimate of drug-likeness (QED) is 0.131. The number of rotatable bonds is 6. The molecule has 0 aliphatic heterocycles. The second-order valence-electron chi connectivity index (χ2n) is 11.5. The minimum atomic E-state index is -5.26. The van der Waals surface area contributed by atoms with Gasteiger partial charge >= 0.3 is 26.8 Å². The minimum Gasteiger partial charge on any atom is -0.507 e. The molecule has 0 aromatic heterocycles. The van der Waals surface area contributed by atoms with Crippen LogP contribution in [0.4, 0.5) is 48.3 Å². The average Bonchev–Trinajstić information content (AvgIpc) is 3.06. The van der Waals surface area contributed by atoms with Crippen molar-refractivity contribution in [3.05, 3.63) is 119 Å². The molecule has 0 amide bonds. The lowest BCUT2D eigenvalue weighted by atomic mass is 9.85. The van der Waals surface area contributed by atoms with E-state index in [9.17, 15) is 62.9 Å². The van der Waals surface area contributed by atoms with Gasteiger partial charge < -0.3 is 14.5 Å².